The van der Waals surface area contributed by atoms with E-state index in [2.05, 4.69) is 26.6 Å². The van der Waals surface area contributed by atoms with Crippen LogP contribution < -0.4 is 4.74 Å². The molecule has 0 bridgehead atoms. The standard InChI is InChI=1S/C10H6F3N3O/c11-10(12,13)17-9-5-3-8(4-6-9)2-1-7-15-16-14/h3-6H,7H2. The van der Waals surface area contributed by atoms with Crippen molar-refractivity contribution in [2.45, 2.75) is 6.36 Å². The van der Waals surface area contributed by atoms with Gasteiger partial charge in [-0.25, -0.2) is 0 Å². The van der Waals surface area contributed by atoms with Crippen LogP contribution in [0.5, 0.6) is 5.75 Å². The van der Waals surface area contributed by atoms with Gasteiger partial charge in [-0.1, -0.05) is 17.0 Å². The molecule has 0 radical (unpaired) electrons. The summed E-state index contributed by atoms with van der Waals surface area (Å²) in [5.74, 6) is 4.85. The lowest BCUT2D eigenvalue weighted by Gasteiger charge is -2.07. The minimum atomic E-state index is -4.70. The largest absolute Gasteiger partial charge is 0.573 e. The lowest BCUT2D eigenvalue weighted by Crippen LogP contribution is -2.16. The fraction of sp³-hybridized carbons (Fsp3) is 0.200. The third kappa shape index (κ3) is 5.35. The molecule has 0 heterocycles. The van der Waals surface area contributed by atoms with Crippen molar-refractivity contribution in [2.24, 2.45) is 5.11 Å². The van der Waals surface area contributed by atoms with Crippen LogP contribution in [0.4, 0.5) is 13.2 Å². The predicted octanol–water partition coefficient (Wildman–Crippen LogP) is 3.25. The van der Waals surface area contributed by atoms with Gasteiger partial charge in [-0.2, -0.15) is 0 Å². The molecule has 0 aliphatic heterocycles. The molecule has 1 aromatic rings. The van der Waals surface area contributed by atoms with Crippen LogP contribution in [0.25, 0.3) is 10.4 Å². The van der Waals surface area contributed by atoms with E-state index in [1.54, 1.807) is 0 Å². The third-order valence-electron chi connectivity index (χ3n) is 1.53. The maximum atomic E-state index is 11.8. The summed E-state index contributed by atoms with van der Waals surface area (Å²) in [6, 6.07) is 5.07. The Morgan fingerprint density at radius 3 is 2.47 bits per heavy atom. The average Bonchev–Trinajstić information content (AvgIpc) is 2.25. The van der Waals surface area contributed by atoms with Crippen molar-refractivity contribution in [2.75, 3.05) is 6.54 Å². The van der Waals surface area contributed by atoms with E-state index in [0.29, 0.717) is 5.56 Å². The molecule has 88 valence electrons. The Morgan fingerprint density at radius 1 is 1.29 bits per heavy atom. The number of benzene rings is 1. The quantitative estimate of drug-likeness (QED) is 0.339. The van der Waals surface area contributed by atoms with Crippen LogP contribution in [-0.2, 0) is 0 Å². The molecule has 0 amide bonds. The average molecular weight is 241 g/mol. The van der Waals surface area contributed by atoms with Gasteiger partial charge in [0.2, 0.25) is 0 Å². The minimum Gasteiger partial charge on any atom is -0.406 e. The summed E-state index contributed by atoms with van der Waals surface area (Å²) in [6.45, 7) is 0.0112. The van der Waals surface area contributed by atoms with Gasteiger partial charge in [-0.05, 0) is 29.8 Å². The molecule has 0 fully saturated rings. The molecule has 0 saturated heterocycles. The van der Waals surface area contributed by atoms with Crippen molar-refractivity contribution in [3.8, 4) is 17.6 Å². The summed E-state index contributed by atoms with van der Waals surface area (Å²) in [5, 5.41) is 3.19. The van der Waals surface area contributed by atoms with Crippen molar-refractivity contribution in [3.63, 3.8) is 0 Å². The highest BCUT2D eigenvalue weighted by Gasteiger charge is 2.30. The molecular weight excluding hydrogens is 235 g/mol. The van der Waals surface area contributed by atoms with Gasteiger partial charge in [0.25, 0.3) is 0 Å². The topological polar surface area (TPSA) is 58.0 Å². The molecule has 0 unspecified atom stereocenters. The fourth-order valence-corrected chi connectivity index (χ4v) is 0.949. The van der Waals surface area contributed by atoms with Gasteiger partial charge in [0, 0.05) is 10.5 Å². The van der Waals surface area contributed by atoms with E-state index in [4.69, 9.17) is 5.53 Å². The Balaban J connectivity index is 2.67. The normalized spacial score (nSPS) is 9.82. The zero-order valence-electron chi connectivity index (χ0n) is 8.40. The zero-order valence-corrected chi connectivity index (χ0v) is 8.40. The van der Waals surface area contributed by atoms with Gasteiger partial charge in [0.05, 0.1) is 6.54 Å². The Morgan fingerprint density at radius 2 is 1.94 bits per heavy atom. The van der Waals surface area contributed by atoms with Crippen LogP contribution in [0.15, 0.2) is 29.4 Å². The number of azide groups is 1. The van der Waals surface area contributed by atoms with Crippen molar-refractivity contribution < 1.29 is 17.9 Å². The number of halogens is 3. The van der Waals surface area contributed by atoms with E-state index in [9.17, 15) is 13.2 Å². The van der Waals surface area contributed by atoms with Crippen LogP contribution >= 0.6 is 0 Å². The first-order chi connectivity index (χ1) is 8.01. The van der Waals surface area contributed by atoms with Crippen molar-refractivity contribution >= 4 is 0 Å². The summed E-state index contributed by atoms with van der Waals surface area (Å²) < 4.78 is 39.2. The van der Waals surface area contributed by atoms with Crippen LogP contribution in [0, 0.1) is 11.8 Å². The Labute approximate surface area is 94.6 Å². The van der Waals surface area contributed by atoms with Crippen LogP contribution in [0.3, 0.4) is 0 Å². The summed E-state index contributed by atoms with van der Waals surface area (Å²) in [4.78, 5) is 2.50. The lowest BCUT2D eigenvalue weighted by molar-refractivity contribution is -0.274. The first-order valence-corrected chi connectivity index (χ1v) is 4.37. The molecular formula is C10H6F3N3O. The van der Waals surface area contributed by atoms with Gasteiger partial charge in [-0.15, -0.1) is 13.2 Å². The molecule has 1 rings (SSSR count). The number of ether oxygens (including phenoxy) is 1. The van der Waals surface area contributed by atoms with Crippen LogP contribution in [0.2, 0.25) is 0 Å². The predicted molar refractivity (Wildman–Crippen MR) is 54.0 cm³/mol. The summed E-state index contributed by atoms with van der Waals surface area (Å²) in [6.07, 6.45) is -4.70. The lowest BCUT2D eigenvalue weighted by atomic mass is 10.2. The molecule has 0 N–H and O–H groups in total. The highest BCUT2D eigenvalue weighted by atomic mass is 19.4. The number of hydrogen-bond acceptors (Lipinski definition) is 2. The summed E-state index contributed by atoms with van der Waals surface area (Å²) in [7, 11) is 0. The monoisotopic (exact) mass is 241 g/mol. The van der Waals surface area contributed by atoms with Gasteiger partial charge in [-0.3, -0.25) is 0 Å². The number of alkyl halides is 3. The third-order valence-corrected chi connectivity index (χ3v) is 1.53. The van der Waals surface area contributed by atoms with Crippen molar-refractivity contribution in [3.05, 3.63) is 40.3 Å². The van der Waals surface area contributed by atoms with Gasteiger partial charge < -0.3 is 4.74 Å². The number of rotatable bonds is 2. The first kappa shape index (κ1) is 12.7. The molecule has 0 spiro atoms. The summed E-state index contributed by atoms with van der Waals surface area (Å²) in [5.41, 5.74) is 8.48. The Bertz CT molecular complexity index is 478. The van der Waals surface area contributed by atoms with E-state index in [1.807, 2.05) is 0 Å². The Kier molecular flexibility index (Phi) is 4.26. The minimum absolute atomic E-state index is 0.0112. The maximum Gasteiger partial charge on any atom is 0.573 e. The molecule has 4 nitrogen and oxygen atoms in total. The second kappa shape index (κ2) is 5.68. The molecule has 7 heteroatoms. The van der Waals surface area contributed by atoms with Crippen molar-refractivity contribution in [1.29, 1.82) is 0 Å². The molecule has 17 heavy (non-hydrogen) atoms. The molecule has 0 saturated carbocycles. The molecule has 0 atom stereocenters. The Hall–Kier alpha value is -2.32. The molecule has 0 aromatic heterocycles. The molecule has 1 aromatic carbocycles. The first-order valence-electron chi connectivity index (χ1n) is 4.37. The second-order valence-electron chi connectivity index (χ2n) is 2.76. The van der Waals surface area contributed by atoms with E-state index >= 15 is 0 Å². The zero-order chi connectivity index (χ0) is 12.7. The van der Waals surface area contributed by atoms with E-state index in [-0.39, 0.29) is 12.3 Å². The molecule has 0 aliphatic rings. The van der Waals surface area contributed by atoms with Crippen LogP contribution in [0.1, 0.15) is 5.56 Å². The fourth-order valence-electron chi connectivity index (χ4n) is 0.949. The molecule has 0 aliphatic carbocycles. The van der Waals surface area contributed by atoms with Gasteiger partial charge in [0.15, 0.2) is 0 Å². The summed E-state index contributed by atoms with van der Waals surface area (Å²) >= 11 is 0. The maximum absolute atomic E-state index is 11.8. The van der Waals surface area contributed by atoms with E-state index in [0.717, 1.165) is 12.1 Å². The highest BCUT2D eigenvalue weighted by Crippen LogP contribution is 2.22. The van der Waals surface area contributed by atoms with E-state index < -0.39 is 6.36 Å². The van der Waals surface area contributed by atoms with Crippen molar-refractivity contribution in [1.82, 2.24) is 0 Å². The number of nitrogens with zero attached hydrogens (tertiary/aromatic N) is 3. The van der Waals surface area contributed by atoms with E-state index in [1.165, 1.54) is 12.1 Å². The SMILES string of the molecule is [N-]=[N+]=NCC#Cc1ccc(OC(F)(F)F)cc1. The number of hydrogen-bond donors (Lipinski definition) is 0. The van der Waals surface area contributed by atoms with Crippen LogP contribution in [-0.4, -0.2) is 12.9 Å². The second-order valence-corrected chi connectivity index (χ2v) is 2.76. The smallest absolute Gasteiger partial charge is 0.406 e. The highest BCUT2D eigenvalue weighted by molar-refractivity contribution is 5.38. The van der Waals surface area contributed by atoms with Gasteiger partial charge >= 0.3 is 6.36 Å². The van der Waals surface area contributed by atoms with Gasteiger partial charge in [0.1, 0.15) is 5.75 Å².